The van der Waals surface area contributed by atoms with Gasteiger partial charge >= 0.3 is 6.18 Å². The third kappa shape index (κ3) is 4.04. The maximum absolute atomic E-state index is 12.4. The Morgan fingerprint density at radius 1 is 1.10 bits per heavy atom. The minimum absolute atomic E-state index is 0.264. The average molecular weight is 297 g/mol. The number of rotatable bonds is 4. The zero-order valence-corrected chi connectivity index (χ0v) is 11.5. The molecule has 1 N–H and O–H groups in total. The van der Waals surface area contributed by atoms with E-state index in [-0.39, 0.29) is 5.82 Å². The Kier molecular flexibility index (Phi) is 4.25. The molecule has 0 aliphatic rings. The Balaban J connectivity index is 2.01. The van der Waals surface area contributed by atoms with E-state index in [9.17, 15) is 13.2 Å². The molecule has 0 fully saturated rings. The second-order valence-corrected chi connectivity index (χ2v) is 4.54. The monoisotopic (exact) mass is 297 g/mol. The van der Waals surface area contributed by atoms with Crippen LogP contribution in [-0.4, -0.2) is 29.3 Å². The summed E-state index contributed by atoms with van der Waals surface area (Å²) in [5.41, 5.74) is -0.260. The van der Waals surface area contributed by atoms with Gasteiger partial charge in [0.15, 0.2) is 5.69 Å². The summed E-state index contributed by atoms with van der Waals surface area (Å²) >= 11 is 0. The molecule has 2 aromatic heterocycles. The molecule has 0 unspecified atom stereocenters. The van der Waals surface area contributed by atoms with Crippen molar-refractivity contribution in [1.29, 1.82) is 0 Å². The van der Waals surface area contributed by atoms with Gasteiger partial charge in [-0.25, -0.2) is 4.98 Å². The molecule has 0 saturated carbocycles. The number of aromatic nitrogens is 3. The molecule has 5 nitrogen and oxygen atoms in total. The first kappa shape index (κ1) is 15.0. The van der Waals surface area contributed by atoms with Crippen LogP contribution in [0.25, 0.3) is 0 Å². The molecular weight excluding hydrogens is 283 g/mol. The molecule has 0 aromatic carbocycles. The molecule has 8 heteroatoms. The van der Waals surface area contributed by atoms with Crippen molar-refractivity contribution in [3.8, 4) is 0 Å². The fourth-order valence-corrected chi connectivity index (χ4v) is 1.57. The molecule has 112 valence electrons. The average Bonchev–Trinajstić information content (AvgIpc) is 2.45. The van der Waals surface area contributed by atoms with Gasteiger partial charge in [-0.1, -0.05) is 6.07 Å². The van der Waals surface area contributed by atoms with Gasteiger partial charge in [-0.2, -0.15) is 13.2 Å². The van der Waals surface area contributed by atoms with Gasteiger partial charge in [-0.3, -0.25) is 0 Å². The lowest BCUT2D eigenvalue weighted by atomic mass is 10.3. The van der Waals surface area contributed by atoms with Crippen LogP contribution in [0.2, 0.25) is 0 Å². The van der Waals surface area contributed by atoms with Crippen molar-refractivity contribution in [2.24, 2.45) is 0 Å². The summed E-state index contributed by atoms with van der Waals surface area (Å²) in [4.78, 5) is 6.24. The van der Waals surface area contributed by atoms with Gasteiger partial charge in [0, 0.05) is 14.1 Å². The van der Waals surface area contributed by atoms with E-state index in [0.29, 0.717) is 6.54 Å². The van der Waals surface area contributed by atoms with Crippen LogP contribution in [0.15, 0.2) is 30.3 Å². The summed E-state index contributed by atoms with van der Waals surface area (Å²) in [6.45, 7) is 0.349. The van der Waals surface area contributed by atoms with Crippen LogP contribution in [0.4, 0.5) is 24.8 Å². The van der Waals surface area contributed by atoms with Gasteiger partial charge in [0.2, 0.25) is 0 Å². The smallest absolute Gasteiger partial charge is 0.363 e. The third-order valence-corrected chi connectivity index (χ3v) is 2.66. The molecule has 0 saturated heterocycles. The Morgan fingerprint density at radius 2 is 1.86 bits per heavy atom. The molecule has 0 amide bonds. The lowest BCUT2D eigenvalue weighted by Crippen LogP contribution is -2.13. The largest absolute Gasteiger partial charge is 0.435 e. The van der Waals surface area contributed by atoms with Gasteiger partial charge in [0.25, 0.3) is 0 Å². The van der Waals surface area contributed by atoms with Crippen LogP contribution in [-0.2, 0) is 12.7 Å². The van der Waals surface area contributed by atoms with Crippen LogP contribution in [0.3, 0.4) is 0 Å². The molecule has 0 atom stereocenters. The minimum atomic E-state index is -4.48. The van der Waals surface area contributed by atoms with E-state index in [2.05, 4.69) is 20.5 Å². The van der Waals surface area contributed by atoms with Crippen molar-refractivity contribution >= 4 is 11.6 Å². The predicted molar refractivity (Wildman–Crippen MR) is 72.9 cm³/mol. The highest BCUT2D eigenvalue weighted by Crippen LogP contribution is 2.27. The van der Waals surface area contributed by atoms with Gasteiger partial charge in [0.05, 0.1) is 12.2 Å². The number of anilines is 2. The van der Waals surface area contributed by atoms with E-state index >= 15 is 0 Å². The number of pyridine rings is 1. The molecule has 2 rings (SSSR count). The summed E-state index contributed by atoms with van der Waals surface area (Å²) < 4.78 is 37.1. The lowest BCUT2D eigenvalue weighted by molar-refractivity contribution is -0.141. The molecule has 0 spiro atoms. The van der Waals surface area contributed by atoms with E-state index in [1.165, 1.54) is 6.07 Å². The van der Waals surface area contributed by atoms with E-state index in [4.69, 9.17) is 0 Å². The second-order valence-electron chi connectivity index (χ2n) is 4.54. The van der Waals surface area contributed by atoms with E-state index in [1.807, 2.05) is 37.2 Å². The third-order valence-electron chi connectivity index (χ3n) is 2.66. The molecule has 0 aliphatic heterocycles. The number of alkyl halides is 3. The quantitative estimate of drug-likeness (QED) is 0.940. The Hall–Kier alpha value is -2.38. The molecule has 2 heterocycles. The summed E-state index contributed by atoms with van der Waals surface area (Å²) in [5.74, 6) is 1.06. The molecule has 0 radical (unpaired) electrons. The fourth-order valence-electron chi connectivity index (χ4n) is 1.57. The van der Waals surface area contributed by atoms with Crippen molar-refractivity contribution in [3.63, 3.8) is 0 Å². The Labute approximate surface area is 119 Å². The topological polar surface area (TPSA) is 53.9 Å². The van der Waals surface area contributed by atoms with Gasteiger partial charge < -0.3 is 10.2 Å². The number of nitrogens with zero attached hydrogens (tertiary/aromatic N) is 4. The van der Waals surface area contributed by atoms with E-state index in [0.717, 1.165) is 17.6 Å². The van der Waals surface area contributed by atoms with Crippen LogP contribution >= 0.6 is 0 Å². The summed E-state index contributed by atoms with van der Waals surface area (Å²) in [6.07, 6.45) is -4.48. The van der Waals surface area contributed by atoms with Crippen LogP contribution < -0.4 is 10.2 Å². The zero-order valence-electron chi connectivity index (χ0n) is 11.5. The summed E-state index contributed by atoms with van der Waals surface area (Å²) in [6, 6.07) is 7.67. The predicted octanol–water partition coefficient (Wildman–Crippen LogP) is 2.57. The lowest BCUT2D eigenvalue weighted by Gasteiger charge is -2.12. The van der Waals surface area contributed by atoms with Crippen molar-refractivity contribution < 1.29 is 13.2 Å². The molecular formula is C13H14F3N5. The van der Waals surface area contributed by atoms with E-state index < -0.39 is 11.9 Å². The van der Waals surface area contributed by atoms with Gasteiger partial charge in [0.1, 0.15) is 11.6 Å². The molecule has 21 heavy (non-hydrogen) atoms. The maximum Gasteiger partial charge on any atom is 0.435 e. The number of halogens is 3. The van der Waals surface area contributed by atoms with Crippen molar-refractivity contribution in [3.05, 3.63) is 41.7 Å². The highest BCUT2D eigenvalue weighted by molar-refractivity contribution is 5.39. The zero-order chi connectivity index (χ0) is 15.5. The van der Waals surface area contributed by atoms with Crippen LogP contribution in [0.1, 0.15) is 11.4 Å². The first-order valence-corrected chi connectivity index (χ1v) is 6.14. The van der Waals surface area contributed by atoms with Crippen molar-refractivity contribution in [2.45, 2.75) is 12.7 Å². The first-order chi connectivity index (χ1) is 9.86. The highest BCUT2D eigenvalue weighted by Gasteiger charge is 2.32. The van der Waals surface area contributed by atoms with E-state index in [1.54, 1.807) is 0 Å². The fraction of sp³-hybridized carbons (Fsp3) is 0.308. The summed E-state index contributed by atoms with van der Waals surface area (Å²) in [7, 11) is 3.75. The SMILES string of the molecule is CN(C)c1cccc(CNc2ccc(C(F)(F)F)nn2)n1. The molecule has 0 bridgehead atoms. The number of nitrogens with one attached hydrogen (secondary N) is 1. The molecule has 2 aromatic rings. The number of hydrogen-bond acceptors (Lipinski definition) is 5. The normalized spacial score (nSPS) is 11.3. The number of hydrogen-bond donors (Lipinski definition) is 1. The van der Waals surface area contributed by atoms with Crippen LogP contribution in [0.5, 0.6) is 0 Å². The second kappa shape index (κ2) is 5.94. The van der Waals surface area contributed by atoms with Gasteiger partial charge in [-0.05, 0) is 24.3 Å². The maximum atomic E-state index is 12.4. The molecule has 0 aliphatic carbocycles. The Bertz CT molecular complexity index is 596. The standard InChI is InChI=1S/C13H14F3N5/c1-21(2)12-5-3-4-9(18-12)8-17-11-7-6-10(19-20-11)13(14,15)16/h3-7H,8H2,1-2H3,(H,17,20). The minimum Gasteiger partial charge on any atom is -0.363 e. The Morgan fingerprint density at radius 3 is 2.43 bits per heavy atom. The summed E-state index contributed by atoms with van der Waals surface area (Å²) in [5, 5.41) is 9.52. The first-order valence-electron chi connectivity index (χ1n) is 6.14. The van der Waals surface area contributed by atoms with Crippen molar-refractivity contribution in [1.82, 2.24) is 15.2 Å². The van der Waals surface area contributed by atoms with Crippen LogP contribution in [0, 0.1) is 0 Å². The van der Waals surface area contributed by atoms with Gasteiger partial charge in [-0.15, -0.1) is 10.2 Å². The van der Waals surface area contributed by atoms with Crippen molar-refractivity contribution in [2.75, 3.05) is 24.3 Å². The highest BCUT2D eigenvalue weighted by atomic mass is 19.4.